The van der Waals surface area contributed by atoms with Crippen LogP contribution in [0.4, 0.5) is 0 Å². The Morgan fingerprint density at radius 2 is 2.09 bits per heavy atom. The molecular formula is C17H23N5O. The van der Waals surface area contributed by atoms with Gasteiger partial charge >= 0.3 is 0 Å². The molecule has 3 rings (SSSR count). The second-order valence-corrected chi connectivity index (χ2v) is 6.04. The van der Waals surface area contributed by atoms with Gasteiger partial charge in [-0.25, -0.2) is 0 Å². The van der Waals surface area contributed by atoms with Crippen molar-refractivity contribution in [3.8, 4) is 5.69 Å². The van der Waals surface area contributed by atoms with Crippen LogP contribution < -0.4 is 5.32 Å². The molecule has 0 spiro atoms. The van der Waals surface area contributed by atoms with Crippen molar-refractivity contribution >= 4 is 5.91 Å². The molecule has 2 aromatic rings. The van der Waals surface area contributed by atoms with E-state index in [1.807, 2.05) is 46.8 Å². The highest BCUT2D eigenvalue weighted by Crippen LogP contribution is 2.16. The van der Waals surface area contributed by atoms with Gasteiger partial charge in [0.05, 0.1) is 12.5 Å². The van der Waals surface area contributed by atoms with Crippen molar-refractivity contribution in [3.63, 3.8) is 0 Å². The lowest BCUT2D eigenvalue weighted by molar-refractivity contribution is -0.133. The van der Waals surface area contributed by atoms with Gasteiger partial charge in [-0.15, -0.1) is 10.2 Å². The number of carbonyl (C=O) groups excluding carboxylic acids is 1. The summed E-state index contributed by atoms with van der Waals surface area (Å²) < 4.78 is 1.97. The Morgan fingerprint density at radius 1 is 1.26 bits per heavy atom. The van der Waals surface area contributed by atoms with Crippen LogP contribution in [0, 0.1) is 5.92 Å². The number of carbonyl (C=O) groups is 1. The molecule has 1 saturated heterocycles. The van der Waals surface area contributed by atoms with Gasteiger partial charge < -0.3 is 10.2 Å². The summed E-state index contributed by atoms with van der Waals surface area (Å²) in [6.07, 6.45) is 4.89. The molecule has 23 heavy (non-hydrogen) atoms. The van der Waals surface area contributed by atoms with Gasteiger partial charge in [0.25, 0.3) is 0 Å². The van der Waals surface area contributed by atoms with Crippen molar-refractivity contribution in [1.29, 1.82) is 0 Å². The van der Waals surface area contributed by atoms with Crippen molar-refractivity contribution in [1.82, 2.24) is 25.0 Å². The average Bonchev–Trinajstić information content (AvgIpc) is 2.99. The van der Waals surface area contributed by atoms with E-state index < -0.39 is 0 Å². The quantitative estimate of drug-likeness (QED) is 0.911. The summed E-state index contributed by atoms with van der Waals surface area (Å²) in [7, 11) is 1.90. The molecule has 6 nitrogen and oxygen atoms in total. The normalized spacial score (nSPS) is 18.9. The summed E-state index contributed by atoms with van der Waals surface area (Å²) in [6.45, 7) is 2.16. The van der Waals surface area contributed by atoms with Crippen molar-refractivity contribution in [3.05, 3.63) is 42.5 Å². The number of likely N-dealkylation sites (tertiary alicyclic amines) is 1. The number of rotatable bonds is 5. The van der Waals surface area contributed by atoms with Crippen LogP contribution in [0.3, 0.4) is 0 Å². The summed E-state index contributed by atoms with van der Waals surface area (Å²) in [4.78, 5) is 14.1. The van der Waals surface area contributed by atoms with Crippen molar-refractivity contribution in [2.45, 2.75) is 25.8 Å². The van der Waals surface area contributed by atoms with Crippen molar-refractivity contribution < 1.29 is 4.79 Å². The molecule has 0 bridgehead atoms. The molecule has 122 valence electrons. The molecule has 1 aliphatic rings. The molecule has 6 heteroatoms. The SMILES string of the molecule is CN1CCCC[C@@H](CNCc2nncn2-c2ccccc2)C1=O. The molecule has 1 aromatic carbocycles. The number of para-hydroxylation sites is 1. The Kier molecular flexibility index (Phi) is 5.02. The van der Waals surface area contributed by atoms with E-state index in [9.17, 15) is 4.79 Å². The molecule has 0 saturated carbocycles. The molecule has 2 heterocycles. The zero-order chi connectivity index (χ0) is 16.1. The first-order valence-electron chi connectivity index (χ1n) is 8.15. The number of amides is 1. The van der Waals surface area contributed by atoms with E-state index >= 15 is 0 Å². The van der Waals surface area contributed by atoms with Gasteiger partial charge in [-0.2, -0.15) is 0 Å². The van der Waals surface area contributed by atoms with Crippen LogP contribution in [0.15, 0.2) is 36.7 Å². The molecule has 0 radical (unpaired) electrons. The molecule has 1 amide bonds. The van der Waals surface area contributed by atoms with Crippen molar-refractivity contribution in [2.24, 2.45) is 5.92 Å². The number of benzene rings is 1. The van der Waals surface area contributed by atoms with Crippen LogP contribution in [0.2, 0.25) is 0 Å². The van der Waals surface area contributed by atoms with Gasteiger partial charge in [0.15, 0.2) is 5.82 Å². The predicted octanol–water partition coefficient (Wildman–Crippen LogP) is 1.62. The third-order valence-electron chi connectivity index (χ3n) is 4.35. The summed E-state index contributed by atoms with van der Waals surface area (Å²) in [6, 6.07) is 10.0. The number of nitrogens with zero attached hydrogens (tertiary/aromatic N) is 4. The Balaban J connectivity index is 1.59. The Labute approximate surface area is 136 Å². The van der Waals surface area contributed by atoms with Crippen LogP contribution in [0.25, 0.3) is 5.69 Å². The van der Waals surface area contributed by atoms with Crippen molar-refractivity contribution in [2.75, 3.05) is 20.1 Å². The maximum Gasteiger partial charge on any atom is 0.226 e. The van der Waals surface area contributed by atoms with E-state index in [1.165, 1.54) is 0 Å². The van der Waals surface area contributed by atoms with Gasteiger partial charge in [-0.1, -0.05) is 24.6 Å². The molecule has 0 unspecified atom stereocenters. The highest BCUT2D eigenvalue weighted by atomic mass is 16.2. The van der Waals surface area contributed by atoms with Gasteiger partial charge in [0.1, 0.15) is 6.33 Å². The second kappa shape index (κ2) is 7.37. The van der Waals surface area contributed by atoms with E-state index in [0.717, 1.165) is 37.3 Å². The van der Waals surface area contributed by atoms with Crippen LogP contribution in [-0.4, -0.2) is 45.7 Å². The largest absolute Gasteiger partial charge is 0.345 e. The molecule has 1 aliphatic heterocycles. The highest BCUT2D eigenvalue weighted by Gasteiger charge is 2.24. The highest BCUT2D eigenvalue weighted by molar-refractivity contribution is 5.79. The first-order valence-corrected chi connectivity index (χ1v) is 8.15. The fourth-order valence-electron chi connectivity index (χ4n) is 3.02. The third-order valence-corrected chi connectivity index (χ3v) is 4.35. The lowest BCUT2D eigenvalue weighted by Crippen LogP contribution is -2.36. The lowest BCUT2D eigenvalue weighted by atomic mass is 10.0. The minimum atomic E-state index is 0.0654. The molecule has 1 N–H and O–H groups in total. The minimum Gasteiger partial charge on any atom is -0.345 e. The number of nitrogens with one attached hydrogen (secondary N) is 1. The van der Waals surface area contributed by atoms with E-state index in [4.69, 9.17) is 0 Å². The Morgan fingerprint density at radius 3 is 2.91 bits per heavy atom. The molecule has 1 atom stereocenters. The fraction of sp³-hybridized carbons (Fsp3) is 0.471. The van der Waals surface area contributed by atoms with Crippen LogP contribution in [0.1, 0.15) is 25.1 Å². The molecule has 0 aliphatic carbocycles. The lowest BCUT2D eigenvalue weighted by Gasteiger charge is -2.20. The van der Waals surface area contributed by atoms with E-state index in [1.54, 1.807) is 6.33 Å². The Bertz CT molecular complexity index is 639. The maximum absolute atomic E-state index is 12.3. The van der Waals surface area contributed by atoms with Gasteiger partial charge in [-0.05, 0) is 25.0 Å². The van der Waals surface area contributed by atoms with Gasteiger partial charge in [-0.3, -0.25) is 9.36 Å². The number of hydrogen-bond donors (Lipinski definition) is 1. The first kappa shape index (κ1) is 15.7. The maximum atomic E-state index is 12.3. The predicted molar refractivity (Wildman–Crippen MR) is 88.0 cm³/mol. The number of aromatic nitrogens is 3. The zero-order valence-corrected chi connectivity index (χ0v) is 13.5. The topological polar surface area (TPSA) is 63.0 Å². The van der Waals surface area contributed by atoms with Crippen LogP contribution in [-0.2, 0) is 11.3 Å². The Hall–Kier alpha value is -2.21. The van der Waals surface area contributed by atoms with E-state index in [0.29, 0.717) is 13.1 Å². The number of hydrogen-bond acceptors (Lipinski definition) is 4. The fourth-order valence-corrected chi connectivity index (χ4v) is 3.02. The second-order valence-electron chi connectivity index (χ2n) is 6.04. The average molecular weight is 313 g/mol. The van der Waals surface area contributed by atoms with Crippen LogP contribution >= 0.6 is 0 Å². The summed E-state index contributed by atoms with van der Waals surface area (Å²) >= 11 is 0. The summed E-state index contributed by atoms with van der Waals surface area (Å²) in [5, 5.41) is 11.6. The third kappa shape index (κ3) is 3.76. The summed E-state index contributed by atoms with van der Waals surface area (Å²) in [5.74, 6) is 1.17. The monoisotopic (exact) mass is 313 g/mol. The standard InChI is InChI=1S/C17H23N5O/c1-21-10-6-5-7-14(17(21)23)11-18-12-16-20-19-13-22(16)15-8-3-2-4-9-15/h2-4,8-9,13-14,18H,5-7,10-12H2,1H3/t14-/m0/s1. The minimum absolute atomic E-state index is 0.0654. The zero-order valence-electron chi connectivity index (χ0n) is 13.5. The first-order chi connectivity index (χ1) is 11.3. The van der Waals surface area contributed by atoms with Gasteiger partial charge in [0, 0.05) is 25.8 Å². The molecular weight excluding hydrogens is 290 g/mol. The smallest absolute Gasteiger partial charge is 0.226 e. The molecule has 1 fully saturated rings. The van der Waals surface area contributed by atoms with Gasteiger partial charge in [0.2, 0.25) is 5.91 Å². The van der Waals surface area contributed by atoms with Crippen LogP contribution in [0.5, 0.6) is 0 Å². The van der Waals surface area contributed by atoms with E-state index in [2.05, 4.69) is 15.5 Å². The molecule has 1 aromatic heterocycles. The summed E-state index contributed by atoms with van der Waals surface area (Å²) in [5.41, 5.74) is 1.04. The van der Waals surface area contributed by atoms with E-state index in [-0.39, 0.29) is 11.8 Å².